The van der Waals surface area contributed by atoms with E-state index < -0.39 is 0 Å². The molecule has 0 atom stereocenters. The minimum Gasteiger partial charge on any atom is -0.455 e. The molecule has 0 heterocycles. The van der Waals surface area contributed by atoms with Crippen molar-refractivity contribution in [3.8, 4) is 11.5 Å². The second kappa shape index (κ2) is 5.41. The molecule has 4 heteroatoms. The number of aliphatic hydroxyl groups excluding tert-OH is 1. The number of aliphatic hydroxyl groups is 1. The van der Waals surface area contributed by atoms with E-state index in [1.807, 2.05) is 0 Å². The molecule has 0 saturated carbocycles. The normalized spacial score (nSPS) is 10.3. The molecule has 0 amide bonds. The minimum absolute atomic E-state index is 0.129. The molecule has 0 spiro atoms. The van der Waals surface area contributed by atoms with Gasteiger partial charge in [0.15, 0.2) is 5.75 Å². The lowest BCUT2D eigenvalue weighted by Gasteiger charge is -2.11. The number of hydrogen-bond acceptors (Lipinski definition) is 2. The van der Waals surface area contributed by atoms with E-state index in [1.54, 1.807) is 42.5 Å². The summed E-state index contributed by atoms with van der Waals surface area (Å²) in [6.45, 7) is -0.129. The predicted molar refractivity (Wildman–Crippen MR) is 68.9 cm³/mol. The molecule has 2 nitrogen and oxygen atoms in total. The Balaban J connectivity index is 2.35. The first kappa shape index (κ1) is 12.2. The van der Waals surface area contributed by atoms with Gasteiger partial charge in [-0.1, -0.05) is 41.4 Å². The maximum atomic E-state index is 9.21. The SMILES string of the molecule is OCc1cccc(Cl)c1Oc1cccc(Cl)c1. The molecule has 0 aliphatic heterocycles. The largest absolute Gasteiger partial charge is 0.455 e. The summed E-state index contributed by atoms with van der Waals surface area (Å²) in [5, 5.41) is 10.2. The van der Waals surface area contributed by atoms with E-state index in [0.717, 1.165) is 0 Å². The minimum atomic E-state index is -0.129. The number of para-hydroxylation sites is 1. The Hall–Kier alpha value is -1.22. The first-order chi connectivity index (χ1) is 8.20. The maximum Gasteiger partial charge on any atom is 0.151 e. The smallest absolute Gasteiger partial charge is 0.151 e. The zero-order valence-electron chi connectivity index (χ0n) is 8.86. The van der Waals surface area contributed by atoms with Crippen molar-refractivity contribution in [2.24, 2.45) is 0 Å². The van der Waals surface area contributed by atoms with E-state index in [9.17, 15) is 5.11 Å². The highest BCUT2D eigenvalue weighted by molar-refractivity contribution is 6.32. The van der Waals surface area contributed by atoms with Crippen molar-refractivity contribution in [2.75, 3.05) is 0 Å². The van der Waals surface area contributed by atoms with Crippen molar-refractivity contribution >= 4 is 23.2 Å². The maximum absolute atomic E-state index is 9.21. The highest BCUT2D eigenvalue weighted by Crippen LogP contribution is 2.33. The summed E-state index contributed by atoms with van der Waals surface area (Å²) in [4.78, 5) is 0. The van der Waals surface area contributed by atoms with Crippen molar-refractivity contribution in [2.45, 2.75) is 6.61 Å². The molecule has 0 radical (unpaired) electrons. The zero-order chi connectivity index (χ0) is 12.3. The third-order valence-electron chi connectivity index (χ3n) is 2.23. The molecule has 2 rings (SSSR count). The van der Waals surface area contributed by atoms with Crippen LogP contribution in [0.1, 0.15) is 5.56 Å². The molecule has 0 unspecified atom stereocenters. The fraction of sp³-hybridized carbons (Fsp3) is 0.0769. The first-order valence-electron chi connectivity index (χ1n) is 5.02. The number of benzene rings is 2. The summed E-state index contributed by atoms with van der Waals surface area (Å²) in [7, 11) is 0. The number of ether oxygens (including phenoxy) is 1. The van der Waals surface area contributed by atoms with Crippen molar-refractivity contribution < 1.29 is 9.84 Å². The van der Waals surface area contributed by atoms with E-state index in [2.05, 4.69) is 0 Å². The van der Waals surface area contributed by atoms with E-state index in [-0.39, 0.29) is 6.61 Å². The van der Waals surface area contributed by atoms with E-state index >= 15 is 0 Å². The average Bonchev–Trinajstić information content (AvgIpc) is 2.32. The van der Waals surface area contributed by atoms with Crippen LogP contribution < -0.4 is 4.74 Å². The Morgan fingerprint density at radius 3 is 2.53 bits per heavy atom. The van der Waals surface area contributed by atoms with E-state index in [0.29, 0.717) is 27.1 Å². The standard InChI is InChI=1S/C13H10Cl2O2/c14-10-4-2-5-11(7-10)17-13-9(8-16)3-1-6-12(13)15/h1-7,16H,8H2. The second-order valence-electron chi connectivity index (χ2n) is 3.45. The quantitative estimate of drug-likeness (QED) is 0.901. The van der Waals surface area contributed by atoms with Gasteiger partial charge < -0.3 is 9.84 Å². The topological polar surface area (TPSA) is 29.5 Å². The van der Waals surface area contributed by atoms with Crippen molar-refractivity contribution in [1.29, 1.82) is 0 Å². The lowest BCUT2D eigenvalue weighted by Crippen LogP contribution is -1.92. The zero-order valence-corrected chi connectivity index (χ0v) is 10.4. The second-order valence-corrected chi connectivity index (χ2v) is 4.29. The lowest BCUT2D eigenvalue weighted by molar-refractivity contribution is 0.276. The van der Waals surface area contributed by atoms with Crippen LogP contribution in [-0.4, -0.2) is 5.11 Å². The molecule has 0 saturated heterocycles. The van der Waals surface area contributed by atoms with Gasteiger partial charge in [-0.3, -0.25) is 0 Å². The molecule has 1 N–H and O–H groups in total. The summed E-state index contributed by atoms with van der Waals surface area (Å²) >= 11 is 11.9. The summed E-state index contributed by atoms with van der Waals surface area (Å²) in [6, 6.07) is 12.2. The van der Waals surface area contributed by atoms with Gasteiger partial charge in [0, 0.05) is 10.6 Å². The van der Waals surface area contributed by atoms with Gasteiger partial charge in [-0.25, -0.2) is 0 Å². The Morgan fingerprint density at radius 2 is 1.82 bits per heavy atom. The summed E-state index contributed by atoms with van der Waals surface area (Å²) in [6.07, 6.45) is 0. The van der Waals surface area contributed by atoms with Gasteiger partial charge in [0.05, 0.1) is 11.6 Å². The average molecular weight is 269 g/mol. The molecule has 0 aromatic heterocycles. The molecule has 2 aromatic rings. The predicted octanol–water partition coefficient (Wildman–Crippen LogP) is 4.28. The molecule has 2 aromatic carbocycles. The van der Waals surface area contributed by atoms with Crippen molar-refractivity contribution in [1.82, 2.24) is 0 Å². The van der Waals surface area contributed by atoms with Crippen LogP contribution in [-0.2, 0) is 6.61 Å². The van der Waals surface area contributed by atoms with Crippen LogP contribution in [0.25, 0.3) is 0 Å². The van der Waals surface area contributed by atoms with Crippen LogP contribution in [0.4, 0.5) is 0 Å². The number of halogens is 2. The van der Waals surface area contributed by atoms with Crippen molar-refractivity contribution in [3.05, 3.63) is 58.1 Å². The van der Waals surface area contributed by atoms with Gasteiger partial charge in [0.2, 0.25) is 0 Å². The van der Waals surface area contributed by atoms with Crippen LogP contribution in [0, 0.1) is 0 Å². The Bertz CT molecular complexity index is 527. The van der Waals surface area contributed by atoms with Crippen LogP contribution >= 0.6 is 23.2 Å². The summed E-state index contributed by atoms with van der Waals surface area (Å²) in [5.41, 5.74) is 0.637. The Kier molecular flexibility index (Phi) is 3.89. The Labute approximate surface area is 109 Å². The van der Waals surface area contributed by atoms with Crippen LogP contribution in [0.2, 0.25) is 10.0 Å². The molecular weight excluding hydrogens is 259 g/mol. The molecule has 0 fully saturated rings. The monoisotopic (exact) mass is 268 g/mol. The van der Waals surface area contributed by atoms with Gasteiger partial charge >= 0.3 is 0 Å². The fourth-order valence-corrected chi connectivity index (χ4v) is 1.85. The fourth-order valence-electron chi connectivity index (χ4n) is 1.44. The molecule has 0 aliphatic rings. The molecule has 0 aliphatic carbocycles. The van der Waals surface area contributed by atoms with E-state index in [4.69, 9.17) is 27.9 Å². The van der Waals surface area contributed by atoms with Gasteiger partial charge in [0.1, 0.15) is 5.75 Å². The highest BCUT2D eigenvalue weighted by atomic mass is 35.5. The van der Waals surface area contributed by atoms with Crippen LogP contribution in [0.5, 0.6) is 11.5 Å². The first-order valence-corrected chi connectivity index (χ1v) is 5.78. The number of rotatable bonds is 3. The highest BCUT2D eigenvalue weighted by Gasteiger charge is 2.08. The summed E-state index contributed by atoms with van der Waals surface area (Å²) in [5.74, 6) is 1.04. The Morgan fingerprint density at radius 1 is 1.06 bits per heavy atom. The van der Waals surface area contributed by atoms with E-state index in [1.165, 1.54) is 0 Å². The van der Waals surface area contributed by atoms with Gasteiger partial charge in [0.25, 0.3) is 0 Å². The van der Waals surface area contributed by atoms with Gasteiger partial charge in [-0.15, -0.1) is 0 Å². The van der Waals surface area contributed by atoms with Crippen molar-refractivity contribution in [3.63, 3.8) is 0 Å². The lowest BCUT2D eigenvalue weighted by atomic mass is 10.2. The molecule has 0 bridgehead atoms. The summed E-state index contributed by atoms with van der Waals surface area (Å²) < 4.78 is 5.64. The van der Waals surface area contributed by atoms with Crippen LogP contribution in [0.15, 0.2) is 42.5 Å². The third-order valence-corrected chi connectivity index (χ3v) is 2.77. The molecule has 88 valence electrons. The van der Waals surface area contributed by atoms with Gasteiger partial charge in [-0.05, 0) is 24.3 Å². The third kappa shape index (κ3) is 2.91. The molecule has 17 heavy (non-hydrogen) atoms. The van der Waals surface area contributed by atoms with Gasteiger partial charge in [-0.2, -0.15) is 0 Å². The number of hydrogen-bond donors (Lipinski definition) is 1. The molecular formula is C13H10Cl2O2. The van der Waals surface area contributed by atoms with Crippen LogP contribution in [0.3, 0.4) is 0 Å².